The van der Waals surface area contributed by atoms with E-state index >= 15 is 0 Å². The van der Waals surface area contributed by atoms with E-state index in [0.717, 1.165) is 12.2 Å². The fraction of sp³-hybridized carbons (Fsp3) is 0.444. The lowest BCUT2D eigenvalue weighted by molar-refractivity contribution is 0.583. The van der Waals surface area contributed by atoms with E-state index in [1.165, 1.54) is 0 Å². The highest BCUT2D eigenvalue weighted by Crippen LogP contribution is 2.06. The van der Waals surface area contributed by atoms with Crippen LogP contribution >= 0.6 is 0 Å². The van der Waals surface area contributed by atoms with Crippen molar-refractivity contribution in [3.05, 3.63) is 30.1 Å². The number of hydrogen-bond acceptors (Lipinski definition) is 2. The van der Waals surface area contributed by atoms with Gasteiger partial charge < -0.3 is 5.32 Å². The third-order valence-corrected chi connectivity index (χ3v) is 1.64. The number of rotatable bonds is 3. The molecule has 1 aromatic heterocycles. The normalized spacial score (nSPS) is 12.9. The Morgan fingerprint density at radius 1 is 1.55 bits per heavy atom. The molecule has 11 heavy (non-hydrogen) atoms. The van der Waals surface area contributed by atoms with Crippen LogP contribution in [-0.2, 0) is 0 Å². The molecule has 1 aromatic rings. The Bertz CT molecular complexity index is 196. The van der Waals surface area contributed by atoms with E-state index in [9.17, 15) is 0 Å². The smallest absolute Gasteiger partial charge is 0.0570 e. The maximum atomic E-state index is 4.23. The molecule has 0 unspecified atom stereocenters. The number of aromatic nitrogens is 1. The molecule has 0 aliphatic heterocycles. The van der Waals surface area contributed by atoms with Crippen LogP contribution in [0.15, 0.2) is 24.4 Å². The van der Waals surface area contributed by atoms with E-state index in [1.54, 1.807) is 0 Å². The van der Waals surface area contributed by atoms with Crippen molar-refractivity contribution in [2.75, 3.05) is 6.54 Å². The van der Waals surface area contributed by atoms with Crippen molar-refractivity contribution in [1.82, 2.24) is 10.3 Å². The summed E-state index contributed by atoms with van der Waals surface area (Å²) in [6.07, 6.45) is 1.82. The van der Waals surface area contributed by atoms with Crippen LogP contribution in [0.2, 0.25) is 0 Å². The molecule has 60 valence electrons. The van der Waals surface area contributed by atoms with Gasteiger partial charge in [-0.05, 0) is 25.6 Å². The van der Waals surface area contributed by atoms with Gasteiger partial charge in [0.2, 0.25) is 0 Å². The molecule has 1 heterocycles. The molecule has 0 bridgehead atoms. The first-order valence-corrected chi connectivity index (χ1v) is 3.99. The van der Waals surface area contributed by atoms with Gasteiger partial charge in [0.1, 0.15) is 0 Å². The zero-order valence-corrected chi connectivity index (χ0v) is 7.04. The molecule has 0 aromatic carbocycles. The number of hydrogen-bond donors (Lipinski definition) is 1. The zero-order chi connectivity index (χ0) is 8.10. The fourth-order valence-electron chi connectivity index (χ4n) is 1.04. The molecule has 0 spiro atoms. The standard InChI is InChI=1S/C9H14N2/c1-3-10-8(2)9-6-4-5-7-11-9/h4-8,10H,3H2,1-2H3/t8-/m1/s1. The third-order valence-electron chi connectivity index (χ3n) is 1.64. The van der Waals surface area contributed by atoms with Crippen LogP contribution in [-0.4, -0.2) is 11.5 Å². The first kappa shape index (κ1) is 8.21. The SMILES string of the molecule is CCN[C@H](C)c1ccccn1. The summed E-state index contributed by atoms with van der Waals surface area (Å²) in [6.45, 7) is 5.20. The average Bonchev–Trinajstić information content (AvgIpc) is 2.07. The van der Waals surface area contributed by atoms with Crippen molar-refractivity contribution < 1.29 is 0 Å². The molecule has 0 aliphatic rings. The van der Waals surface area contributed by atoms with Gasteiger partial charge in [-0.25, -0.2) is 0 Å². The summed E-state index contributed by atoms with van der Waals surface area (Å²) >= 11 is 0. The quantitative estimate of drug-likeness (QED) is 0.710. The molecule has 0 saturated carbocycles. The van der Waals surface area contributed by atoms with Crippen molar-refractivity contribution in [3.63, 3.8) is 0 Å². The number of nitrogens with zero attached hydrogens (tertiary/aromatic N) is 1. The lowest BCUT2D eigenvalue weighted by Gasteiger charge is -2.10. The Hall–Kier alpha value is -0.890. The van der Waals surface area contributed by atoms with Gasteiger partial charge in [0.15, 0.2) is 0 Å². The second-order valence-electron chi connectivity index (χ2n) is 2.53. The Labute approximate surface area is 67.7 Å². The highest BCUT2D eigenvalue weighted by molar-refractivity contribution is 5.07. The number of pyridine rings is 1. The molecule has 1 rings (SSSR count). The molecule has 0 saturated heterocycles. The molecule has 1 N–H and O–H groups in total. The van der Waals surface area contributed by atoms with Crippen molar-refractivity contribution in [2.45, 2.75) is 19.9 Å². The largest absolute Gasteiger partial charge is 0.309 e. The van der Waals surface area contributed by atoms with Crippen LogP contribution in [0.4, 0.5) is 0 Å². The second-order valence-corrected chi connectivity index (χ2v) is 2.53. The first-order valence-electron chi connectivity index (χ1n) is 3.99. The second kappa shape index (κ2) is 4.09. The van der Waals surface area contributed by atoms with Crippen molar-refractivity contribution >= 4 is 0 Å². The summed E-state index contributed by atoms with van der Waals surface area (Å²) in [5, 5.41) is 3.30. The molecule has 2 heteroatoms. The Balaban J connectivity index is 2.61. The van der Waals surface area contributed by atoms with E-state index in [2.05, 4.69) is 24.1 Å². The van der Waals surface area contributed by atoms with Crippen LogP contribution in [0.1, 0.15) is 25.6 Å². The monoisotopic (exact) mass is 150 g/mol. The Kier molecular flexibility index (Phi) is 3.05. The molecule has 0 aliphatic carbocycles. The molecular formula is C9H14N2. The first-order chi connectivity index (χ1) is 5.34. The van der Waals surface area contributed by atoms with E-state index in [4.69, 9.17) is 0 Å². The van der Waals surface area contributed by atoms with Crippen molar-refractivity contribution in [1.29, 1.82) is 0 Å². The number of nitrogens with one attached hydrogen (secondary N) is 1. The van der Waals surface area contributed by atoms with Crippen molar-refractivity contribution in [2.24, 2.45) is 0 Å². The average molecular weight is 150 g/mol. The summed E-state index contributed by atoms with van der Waals surface area (Å²) in [5.41, 5.74) is 1.11. The van der Waals surface area contributed by atoms with Crippen LogP contribution in [0.5, 0.6) is 0 Å². The van der Waals surface area contributed by atoms with Gasteiger partial charge in [-0.1, -0.05) is 13.0 Å². The minimum Gasteiger partial charge on any atom is -0.309 e. The van der Waals surface area contributed by atoms with Gasteiger partial charge in [0.05, 0.1) is 5.69 Å². The molecule has 2 nitrogen and oxygen atoms in total. The van der Waals surface area contributed by atoms with Gasteiger partial charge >= 0.3 is 0 Å². The van der Waals surface area contributed by atoms with Crippen LogP contribution < -0.4 is 5.32 Å². The minimum absolute atomic E-state index is 0.362. The molecular weight excluding hydrogens is 136 g/mol. The summed E-state index contributed by atoms with van der Waals surface area (Å²) in [4.78, 5) is 4.23. The lowest BCUT2D eigenvalue weighted by atomic mass is 10.2. The highest BCUT2D eigenvalue weighted by Gasteiger charge is 2.01. The Morgan fingerprint density at radius 3 is 2.91 bits per heavy atom. The minimum atomic E-state index is 0.362. The highest BCUT2D eigenvalue weighted by atomic mass is 14.9. The Morgan fingerprint density at radius 2 is 2.36 bits per heavy atom. The van der Waals surface area contributed by atoms with Gasteiger partial charge in [-0.15, -0.1) is 0 Å². The van der Waals surface area contributed by atoms with Crippen LogP contribution in [0, 0.1) is 0 Å². The summed E-state index contributed by atoms with van der Waals surface area (Å²) in [6, 6.07) is 6.34. The van der Waals surface area contributed by atoms with E-state index in [0.29, 0.717) is 6.04 Å². The molecule has 0 radical (unpaired) electrons. The van der Waals surface area contributed by atoms with E-state index < -0.39 is 0 Å². The van der Waals surface area contributed by atoms with Gasteiger partial charge in [-0.3, -0.25) is 4.98 Å². The van der Waals surface area contributed by atoms with Crippen LogP contribution in [0.25, 0.3) is 0 Å². The van der Waals surface area contributed by atoms with Crippen LogP contribution in [0.3, 0.4) is 0 Å². The van der Waals surface area contributed by atoms with Crippen molar-refractivity contribution in [3.8, 4) is 0 Å². The summed E-state index contributed by atoms with van der Waals surface area (Å²) in [5.74, 6) is 0. The summed E-state index contributed by atoms with van der Waals surface area (Å²) < 4.78 is 0. The predicted octanol–water partition coefficient (Wildman–Crippen LogP) is 1.75. The molecule has 0 fully saturated rings. The topological polar surface area (TPSA) is 24.9 Å². The zero-order valence-electron chi connectivity index (χ0n) is 7.04. The summed E-state index contributed by atoms with van der Waals surface area (Å²) in [7, 11) is 0. The van der Waals surface area contributed by atoms with E-state index in [-0.39, 0.29) is 0 Å². The van der Waals surface area contributed by atoms with Gasteiger partial charge in [0, 0.05) is 12.2 Å². The lowest BCUT2D eigenvalue weighted by Crippen LogP contribution is -2.18. The fourth-order valence-corrected chi connectivity index (χ4v) is 1.04. The third kappa shape index (κ3) is 2.31. The maximum absolute atomic E-state index is 4.23. The van der Waals surface area contributed by atoms with Gasteiger partial charge in [0.25, 0.3) is 0 Å². The van der Waals surface area contributed by atoms with E-state index in [1.807, 2.05) is 24.4 Å². The maximum Gasteiger partial charge on any atom is 0.0570 e. The van der Waals surface area contributed by atoms with Gasteiger partial charge in [-0.2, -0.15) is 0 Å². The molecule has 1 atom stereocenters. The molecule has 0 amide bonds. The predicted molar refractivity (Wildman–Crippen MR) is 46.3 cm³/mol.